The summed E-state index contributed by atoms with van der Waals surface area (Å²) >= 11 is 0. The fraction of sp³-hybridized carbons (Fsp3) is 0.529. The maximum absolute atomic E-state index is 12.6. The van der Waals surface area contributed by atoms with Gasteiger partial charge in [-0.05, 0) is 37.9 Å². The van der Waals surface area contributed by atoms with Crippen LogP contribution in [0, 0.1) is 5.92 Å². The Kier molecular flexibility index (Phi) is 5.45. The summed E-state index contributed by atoms with van der Waals surface area (Å²) in [7, 11) is 1.64. The van der Waals surface area contributed by atoms with Gasteiger partial charge < -0.3 is 4.57 Å². The van der Waals surface area contributed by atoms with E-state index < -0.39 is 17.4 Å². The van der Waals surface area contributed by atoms with E-state index >= 15 is 0 Å². The van der Waals surface area contributed by atoms with Gasteiger partial charge in [-0.2, -0.15) is 18.2 Å². The van der Waals surface area contributed by atoms with Crippen molar-refractivity contribution in [2.75, 3.05) is 13.1 Å². The minimum atomic E-state index is -4.62. The third-order valence-corrected chi connectivity index (χ3v) is 4.75. The third kappa shape index (κ3) is 4.82. The lowest BCUT2D eigenvalue weighted by Crippen LogP contribution is -2.36. The molecule has 7 nitrogen and oxygen atoms in total. The van der Waals surface area contributed by atoms with Crippen molar-refractivity contribution in [3.05, 3.63) is 56.9 Å². The number of piperidine rings is 1. The largest absolute Gasteiger partial charge is 0.433 e. The summed E-state index contributed by atoms with van der Waals surface area (Å²) in [5, 5.41) is 0. The van der Waals surface area contributed by atoms with Crippen LogP contribution in [0.15, 0.2) is 34.2 Å². The SMILES string of the molecule is Cn1ccc(CN2CCC(Cn3cnc(C(F)(F)F)cc3=O)CC2)nc1=O. The summed E-state index contributed by atoms with van der Waals surface area (Å²) in [5.41, 5.74) is -1.44. The third-order valence-electron chi connectivity index (χ3n) is 4.75. The summed E-state index contributed by atoms with van der Waals surface area (Å²) < 4.78 is 40.4. The van der Waals surface area contributed by atoms with E-state index in [2.05, 4.69) is 14.9 Å². The molecule has 3 heterocycles. The molecule has 3 rings (SSSR count). The van der Waals surface area contributed by atoms with Crippen LogP contribution in [0.25, 0.3) is 0 Å². The van der Waals surface area contributed by atoms with Crippen molar-refractivity contribution in [3.63, 3.8) is 0 Å². The Morgan fingerprint density at radius 1 is 1.22 bits per heavy atom. The molecule has 0 radical (unpaired) electrons. The molecular weight excluding hydrogens is 363 g/mol. The van der Waals surface area contributed by atoms with Crippen molar-refractivity contribution in [3.8, 4) is 0 Å². The topological polar surface area (TPSA) is 73.0 Å². The molecule has 10 heteroatoms. The van der Waals surface area contributed by atoms with Gasteiger partial charge in [0.15, 0.2) is 5.69 Å². The van der Waals surface area contributed by atoms with Gasteiger partial charge in [-0.1, -0.05) is 0 Å². The number of hydrogen-bond acceptors (Lipinski definition) is 5. The van der Waals surface area contributed by atoms with E-state index in [4.69, 9.17) is 0 Å². The molecule has 1 aliphatic heterocycles. The van der Waals surface area contributed by atoms with Crippen LogP contribution < -0.4 is 11.2 Å². The van der Waals surface area contributed by atoms with E-state index in [9.17, 15) is 22.8 Å². The molecule has 0 aliphatic carbocycles. The van der Waals surface area contributed by atoms with Crippen molar-refractivity contribution in [2.45, 2.75) is 32.1 Å². The summed E-state index contributed by atoms with van der Waals surface area (Å²) in [5.74, 6) is 0.189. The molecule has 0 atom stereocenters. The lowest BCUT2D eigenvalue weighted by atomic mass is 9.96. The van der Waals surface area contributed by atoms with E-state index in [0.29, 0.717) is 24.8 Å². The van der Waals surface area contributed by atoms with E-state index in [1.807, 2.05) is 0 Å². The number of halogens is 3. The molecule has 0 saturated carbocycles. The molecule has 146 valence electrons. The van der Waals surface area contributed by atoms with Gasteiger partial charge in [0.1, 0.15) is 0 Å². The molecule has 0 unspecified atom stereocenters. The Bertz CT molecular complexity index is 914. The Hall–Kier alpha value is -2.49. The maximum atomic E-state index is 12.6. The van der Waals surface area contributed by atoms with Crippen LogP contribution in [0.1, 0.15) is 24.2 Å². The van der Waals surface area contributed by atoms with Gasteiger partial charge in [-0.3, -0.25) is 14.3 Å². The quantitative estimate of drug-likeness (QED) is 0.795. The molecule has 2 aromatic heterocycles. The number of hydrogen-bond donors (Lipinski definition) is 0. The minimum Gasteiger partial charge on any atom is -0.302 e. The van der Waals surface area contributed by atoms with Crippen molar-refractivity contribution in [1.82, 2.24) is 24.0 Å². The van der Waals surface area contributed by atoms with Crippen molar-refractivity contribution >= 4 is 0 Å². The molecule has 0 aromatic carbocycles. The second kappa shape index (κ2) is 7.63. The number of rotatable bonds is 4. The van der Waals surface area contributed by atoms with Gasteiger partial charge >= 0.3 is 11.9 Å². The van der Waals surface area contributed by atoms with Gasteiger partial charge in [0.2, 0.25) is 0 Å². The highest BCUT2D eigenvalue weighted by atomic mass is 19.4. The first-order valence-corrected chi connectivity index (χ1v) is 8.61. The Balaban J connectivity index is 1.56. The van der Waals surface area contributed by atoms with Gasteiger partial charge in [0.25, 0.3) is 5.56 Å². The van der Waals surface area contributed by atoms with Gasteiger partial charge in [-0.25, -0.2) is 9.78 Å². The van der Waals surface area contributed by atoms with E-state index in [-0.39, 0.29) is 11.6 Å². The van der Waals surface area contributed by atoms with E-state index in [1.165, 1.54) is 9.13 Å². The molecule has 27 heavy (non-hydrogen) atoms. The zero-order valence-electron chi connectivity index (χ0n) is 14.8. The fourth-order valence-corrected chi connectivity index (χ4v) is 3.14. The average molecular weight is 383 g/mol. The van der Waals surface area contributed by atoms with Crippen LogP contribution in [-0.4, -0.2) is 37.1 Å². The molecule has 1 aliphatic rings. The van der Waals surface area contributed by atoms with E-state index in [0.717, 1.165) is 32.3 Å². The zero-order valence-corrected chi connectivity index (χ0v) is 14.8. The normalized spacial score (nSPS) is 16.6. The number of alkyl halides is 3. The molecular formula is C17H20F3N5O2. The molecule has 0 spiro atoms. The Morgan fingerprint density at radius 2 is 1.93 bits per heavy atom. The summed E-state index contributed by atoms with van der Waals surface area (Å²) in [6.45, 7) is 2.46. The number of aromatic nitrogens is 4. The highest BCUT2D eigenvalue weighted by Gasteiger charge is 2.33. The maximum Gasteiger partial charge on any atom is 0.433 e. The molecule has 0 amide bonds. The lowest BCUT2D eigenvalue weighted by Gasteiger charge is -2.31. The van der Waals surface area contributed by atoms with Crippen LogP contribution in [0.3, 0.4) is 0 Å². The van der Waals surface area contributed by atoms with Crippen molar-refractivity contribution in [1.29, 1.82) is 0 Å². The molecule has 0 bridgehead atoms. The Labute approximate surface area is 153 Å². The predicted molar refractivity (Wildman–Crippen MR) is 91.0 cm³/mol. The van der Waals surface area contributed by atoms with Crippen molar-refractivity contribution in [2.24, 2.45) is 13.0 Å². The highest BCUT2D eigenvalue weighted by Crippen LogP contribution is 2.26. The standard InChI is InChI=1S/C17H20F3N5O2/c1-23-5-4-13(22-16(23)27)10-24-6-2-12(3-7-24)9-25-11-21-14(8-15(25)26)17(18,19)20/h4-5,8,11-12H,2-3,6-7,9-10H2,1H3. The highest BCUT2D eigenvalue weighted by molar-refractivity contribution is 5.04. The number of nitrogens with zero attached hydrogens (tertiary/aromatic N) is 5. The van der Waals surface area contributed by atoms with Gasteiger partial charge in [0.05, 0.1) is 12.0 Å². The smallest absolute Gasteiger partial charge is 0.302 e. The predicted octanol–water partition coefficient (Wildman–Crippen LogP) is 1.27. The summed E-state index contributed by atoms with van der Waals surface area (Å²) in [6.07, 6.45) is -0.352. The van der Waals surface area contributed by atoms with Gasteiger partial charge in [0, 0.05) is 32.4 Å². The van der Waals surface area contributed by atoms with Crippen LogP contribution in [0.4, 0.5) is 13.2 Å². The summed E-state index contributed by atoms with van der Waals surface area (Å²) in [4.78, 5) is 33.0. The minimum absolute atomic E-state index is 0.189. The molecule has 2 aromatic rings. The lowest BCUT2D eigenvalue weighted by molar-refractivity contribution is -0.141. The van der Waals surface area contributed by atoms with Crippen LogP contribution in [0.5, 0.6) is 0 Å². The monoisotopic (exact) mass is 383 g/mol. The zero-order chi connectivity index (χ0) is 19.6. The number of aryl methyl sites for hydroxylation is 1. The van der Waals surface area contributed by atoms with Crippen LogP contribution in [-0.2, 0) is 26.3 Å². The molecule has 1 fully saturated rings. The van der Waals surface area contributed by atoms with E-state index in [1.54, 1.807) is 19.3 Å². The first-order valence-electron chi connectivity index (χ1n) is 8.61. The molecule has 1 saturated heterocycles. The van der Waals surface area contributed by atoms with Gasteiger partial charge in [-0.15, -0.1) is 0 Å². The second-order valence-corrected chi connectivity index (χ2v) is 6.79. The average Bonchev–Trinajstić information content (AvgIpc) is 2.61. The number of likely N-dealkylation sites (tertiary alicyclic amines) is 1. The Morgan fingerprint density at radius 3 is 2.52 bits per heavy atom. The first kappa shape index (κ1) is 19.3. The van der Waals surface area contributed by atoms with Crippen LogP contribution >= 0.6 is 0 Å². The summed E-state index contributed by atoms with van der Waals surface area (Å²) in [6, 6.07) is 2.34. The first-order chi connectivity index (χ1) is 12.7. The molecule has 0 N–H and O–H groups in total. The fourth-order valence-electron chi connectivity index (χ4n) is 3.14. The second-order valence-electron chi connectivity index (χ2n) is 6.79. The van der Waals surface area contributed by atoms with Crippen LogP contribution in [0.2, 0.25) is 0 Å². The van der Waals surface area contributed by atoms with Crippen molar-refractivity contribution < 1.29 is 13.2 Å².